The first-order chi connectivity index (χ1) is 14.6. The number of carbonyl (C=O) groups is 1. The van der Waals surface area contributed by atoms with E-state index in [0.29, 0.717) is 42.8 Å². The SMILES string of the molecule is COc1cccc(CN2CCCN(C(=O)c3cccnc3)C(c3nc(C)no3)C2)n1. The normalized spacial score (nSPS) is 17.5. The fourth-order valence-corrected chi connectivity index (χ4v) is 3.64. The highest BCUT2D eigenvalue weighted by Crippen LogP contribution is 2.26. The summed E-state index contributed by atoms with van der Waals surface area (Å²) >= 11 is 0. The lowest BCUT2D eigenvalue weighted by Gasteiger charge is -2.29. The summed E-state index contributed by atoms with van der Waals surface area (Å²) < 4.78 is 10.7. The molecule has 1 aliphatic heterocycles. The third-order valence-electron chi connectivity index (χ3n) is 5.05. The number of nitrogens with zero attached hydrogens (tertiary/aromatic N) is 6. The number of aryl methyl sites for hydroxylation is 1. The van der Waals surface area contributed by atoms with Gasteiger partial charge in [0.05, 0.1) is 18.4 Å². The molecule has 9 heteroatoms. The lowest BCUT2D eigenvalue weighted by molar-refractivity contribution is 0.0630. The van der Waals surface area contributed by atoms with Crippen LogP contribution in [0, 0.1) is 6.92 Å². The van der Waals surface area contributed by atoms with Crippen molar-refractivity contribution in [3.05, 3.63) is 65.7 Å². The first kappa shape index (κ1) is 20.0. The Morgan fingerprint density at radius 1 is 1.23 bits per heavy atom. The molecule has 0 N–H and O–H groups in total. The van der Waals surface area contributed by atoms with Gasteiger partial charge in [0.1, 0.15) is 6.04 Å². The number of ether oxygens (including phenoxy) is 1. The summed E-state index contributed by atoms with van der Waals surface area (Å²) in [5.41, 5.74) is 1.45. The number of amides is 1. The molecule has 0 aliphatic carbocycles. The molecule has 0 bridgehead atoms. The van der Waals surface area contributed by atoms with Crippen LogP contribution in [0.25, 0.3) is 0 Å². The van der Waals surface area contributed by atoms with Crippen molar-refractivity contribution in [2.45, 2.75) is 25.9 Å². The zero-order chi connectivity index (χ0) is 20.9. The van der Waals surface area contributed by atoms with Crippen LogP contribution in [0.1, 0.15) is 40.2 Å². The van der Waals surface area contributed by atoms with Gasteiger partial charge in [0, 0.05) is 44.6 Å². The highest BCUT2D eigenvalue weighted by molar-refractivity contribution is 5.94. The molecule has 0 spiro atoms. The van der Waals surface area contributed by atoms with E-state index >= 15 is 0 Å². The molecule has 1 fully saturated rings. The molecular weight excluding hydrogens is 384 g/mol. The maximum absolute atomic E-state index is 13.2. The van der Waals surface area contributed by atoms with E-state index in [1.807, 2.05) is 23.1 Å². The van der Waals surface area contributed by atoms with E-state index in [4.69, 9.17) is 9.26 Å². The number of carbonyl (C=O) groups excluding carboxylic acids is 1. The standard InChI is InChI=1S/C21H24N6O3/c1-15-23-20(30-25-15)18-14-26(13-17-7-3-8-19(24-17)29-2)10-5-11-27(18)21(28)16-6-4-9-22-12-16/h3-4,6-9,12,18H,5,10-11,13-14H2,1-2H3. The molecule has 1 saturated heterocycles. The summed E-state index contributed by atoms with van der Waals surface area (Å²) in [7, 11) is 1.61. The smallest absolute Gasteiger partial charge is 0.256 e. The summed E-state index contributed by atoms with van der Waals surface area (Å²) in [6.07, 6.45) is 4.06. The summed E-state index contributed by atoms with van der Waals surface area (Å²) in [4.78, 5) is 30.3. The second-order valence-corrected chi connectivity index (χ2v) is 7.20. The maximum Gasteiger partial charge on any atom is 0.256 e. The molecule has 4 heterocycles. The number of pyridine rings is 2. The fourth-order valence-electron chi connectivity index (χ4n) is 3.64. The molecule has 0 aromatic carbocycles. The number of hydrogen-bond acceptors (Lipinski definition) is 8. The number of aromatic nitrogens is 4. The van der Waals surface area contributed by atoms with Gasteiger partial charge >= 0.3 is 0 Å². The summed E-state index contributed by atoms with van der Waals surface area (Å²) in [6, 6.07) is 8.90. The van der Waals surface area contributed by atoms with Crippen molar-refractivity contribution in [2.75, 3.05) is 26.7 Å². The van der Waals surface area contributed by atoms with Crippen LogP contribution in [-0.2, 0) is 6.54 Å². The van der Waals surface area contributed by atoms with Crippen LogP contribution in [-0.4, -0.2) is 62.6 Å². The van der Waals surface area contributed by atoms with Crippen LogP contribution in [0.15, 0.2) is 47.2 Å². The Morgan fingerprint density at radius 3 is 2.87 bits per heavy atom. The molecule has 3 aromatic rings. The zero-order valence-corrected chi connectivity index (χ0v) is 17.1. The van der Waals surface area contributed by atoms with Crippen LogP contribution < -0.4 is 4.74 Å². The van der Waals surface area contributed by atoms with Crippen molar-refractivity contribution in [1.29, 1.82) is 0 Å². The van der Waals surface area contributed by atoms with Crippen molar-refractivity contribution in [3.63, 3.8) is 0 Å². The Balaban J connectivity index is 1.60. The highest BCUT2D eigenvalue weighted by Gasteiger charge is 2.34. The van der Waals surface area contributed by atoms with Crippen LogP contribution in [0.2, 0.25) is 0 Å². The quantitative estimate of drug-likeness (QED) is 0.634. The molecule has 4 rings (SSSR count). The average molecular weight is 408 g/mol. The number of hydrogen-bond donors (Lipinski definition) is 0. The molecule has 1 amide bonds. The fraction of sp³-hybridized carbons (Fsp3) is 0.381. The molecule has 1 unspecified atom stereocenters. The Hall–Kier alpha value is -3.33. The van der Waals surface area contributed by atoms with Gasteiger partial charge in [-0.1, -0.05) is 11.2 Å². The first-order valence-electron chi connectivity index (χ1n) is 9.87. The van der Waals surface area contributed by atoms with E-state index in [9.17, 15) is 4.79 Å². The van der Waals surface area contributed by atoms with E-state index in [-0.39, 0.29) is 11.9 Å². The van der Waals surface area contributed by atoms with Crippen molar-refractivity contribution in [3.8, 4) is 5.88 Å². The lowest BCUT2D eigenvalue weighted by atomic mass is 10.1. The van der Waals surface area contributed by atoms with E-state index in [1.165, 1.54) is 0 Å². The predicted molar refractivity (Wildman–Crippen MR) is 108 cm³/mol. The second-order valence-electron chi connectivity index (χ2n) is 7.20. The Bertz CT molecular complexity index is 993. The van der Waals surface area contributed by atoms with Gasteiger partial charge in [-0.25, -0.2) is 4.98 Å². The van der Waals surface area contributed by atoms with Gasteiger partial charge in [-0.05, 0) is 31.5 Å². The Morgan fingerprint density at radius 2 is 2.13 bits per heavy atom. The van der Waals surface area contributed by atoms with E-state index in [1.54, 1.807) is 38.6 Å². The molecule has 30 heavy (non-hydrogen) atoms. The molecule has 0 saturated carbocycles. The lowest BCUT2D eigenvalue weighted by Crippen LogP contribution is -2.38. The van der Waals surface area contributed by atoms with Gasteiger partial charge in [-0.2, -0.15) is 4.98 Å². The molecular formula is C21H24N6O3. The minimum absolute atomic E-state index is 0.0923. The van der Waals surface area contributed by atoms with E-state index in [0.717, 1.165) is 18.7 Å². The van der Waals surface area contributed by atoms with Gasteiger partial charge < -0.3 is 14.2 Å². The predicted octanol–water partition coefficient (Wildman–Crippen LogP) is 2.27. The Labute approximate surface area is 174 Å². The molecule has 9 nitrogen and oxygen atoms in total. The van der Waals surface area contributed by atoms with Gasteiger partial charge in [0.2, 0.25) is 5.88 Å². The van der Waals surface area contributed by atoms with Crippen LogP contribution in [0.3, 0.4) is 0 Å². The van der Waals surface area contributed by atoms with E-state index < -0.39 is 0 Å². The summed E-state index contributed by atoms with van der Waals surface area (Å²) in [6.45, 7) is 4.37. The van der Waals surface area contributed by atoms with Gasteiger partial charge in [0.25, 0.3) is 11.8 Å². The van der Waals surface area contributed by atoms with Crippen LogP contribution in [0.4, 0.5) is 0 Å². The monoisotopic (exact) mass is 408 g/mol. The molecule has 1 aliphatic rings. The zero-order valence-electron chi connectivity index (χ0n) is 17.1. The average Bonchev–Trinajstić information content (AvgIpc) is 3.10. The number of rotatable bonds is 5. The largest absolute Gasteiger partial charge is 0.481 e. The van der Waals surface area contributed by atoms with Crippen molar-refractivity contribution < 1.29 is 14.1 Å². The Kier molecular flexibility index (Phi) is 5.99. The molecule has 3 aromatic heterocycles. The first-order valence-corrected chi connectivity index (χ1v) is 9.87. The van der Waals surface area contributed by atoms with Crippen molar-refractivity contribution in [1.82, 2.24) is 29.9 Å². The minimum atomic E-state index is -0.355. The van der Waals surface area contributed by atoms with Gasteiger partial charge in [-0.3, -0.25) is 14.7 Å². The van der Waals surface area contributed by atoms with E-state index in [2.05, 4.69) is 25.0 Å². The van der Waals surface area contributed by atoms with Gasteiger partial charge in [0.15, 0.2) is 5.82 Å². The summed E-state index contributed by atoms with van der Waals surface area (Å²) in [5.74, 6) is 1.48. The molecule has 156 valence electrons. The van der Waals surface area contributed by atoms with Crippen molar-refractivity contribution >= 4 is 5.91 Å². The second kappa shape index (κ2) is 9.00. The summed E-state index contributed by atoms with van der Waals surface area (Å²) in [5, 5.41) is 3.94. The van der Waals surface area contributed by atoms with Crippen molar-refractivity contribution in [2.24, 2.45) is 0 Å². The maximum atomic E-state index is 13.2. The van der Waals surface area contributed by atoms with Gasteiger partial charge in [-0.15, -0.1) is 0 Å². The highest BCUT2D eigenvalue weighted by atomic mass is 16.5. The van der Waals surface area contributed by atoms with Crippen LogP contribution in [0.5, 0.6) is 5.88 Å². The minimum Gasteiger partial charge on any atom is -0.481 e. The topological polar surface area (TPSA) is 97.5 Å². The third kappa shape index (κ3) is 4.46. The number of methoxy groups -OCH3 is 1. The third-order valence-corrected chi connectivity index (χ3v) is 5.05. The molecule has 0 radical (unpaired) electrons. The van der Waals surface area contributed by atoms with Crippen LogP contribution >= 0.6 is 0 Å². The molecule has 1 atom stereocenters.